The number of benzene rings is 1. The van der Waals surface area contributed by atoms with Crippen molar-refractivity contribution in [2.45, 2.75) is 10.9 Å². The highest BCUT2D eigenvalue weighted by molar-refractivity contribution is 7.89. The third-order valence-corrected chi connectivity index (χ3v) is 4.71. The lowest BCUT2D eigenvalue weighted by Crippen LogP contribution is -2.40. The lowest BCUT2D eigenvalue weighted by molar-refractivity contribution is -0.387. The van der Waals surface area contributed by atoms with Gasteiger partial charge in [0.2, 0.25) is 0 Å². The first-order valence-corrected chi connectivity index (χ1v) is 7.24. The van der Waals surface area contributed by atoms with Crippen molar-refractivity contribution in [1.82, 2.24) is 4.31 Å². The first-order valence-electron chi connectivity index (χ1n) is 5.80. The molecule has 0 aromatic heterocycles. The maximum Gasteiger partial charge on any atom is 0.289 e. The summed E-state index contributed by atoms with van der Waals surface area (Å²) in [5.74, 6) is 0. The number of nitrogens with zero attached hydrogens (tertiary/aromatic N) is 2. The number of sulfonamides is 1. The molecule has 1 atom stereocenters. The molecule has 0 bridgehead atoms. The predicted molar refractivity (Wildman–Crippen MR) is 73.2 cm³/mol. The molecule has 1 aromatic carbocycles. The van der Waals surface area contributed by atoms with Crippen molar-refractivity contribution >= 4 is 15.7 Å². The van der Waals surface area contributed by atoms with E-state index in [1.54, 1.807) is 18.2 Å². The Morgan fingerprint density at radius 3 is 2.65 bits per heavy atom. The maximum absolute atomic E-state index is 12.6. The molecule has 0 aliphatic carbocycles. The van der Waals surface area contributed by atoms with E-state index in [1.807, 2.05) is 0 Å². The van der Waals surface area contributed by atoms with Crippen LogP contribution in [-0.2, 0) is 10.0 Å². The van der Waals surface area contributed by atoms with Gasteiger partial charge in [-0.1, -0.05) is 24.3 Å². The molecule has 1 heterocycles. The molecule has 0 saturated carbocycles. The number of allylic oxidation sites excluding steroid dienone is 2. The summed E-state index contributed by atoms with van der Waals surface area (Å²) in [5.41, 5.74) is 5.09. The molecule has 106 valence electrons. The van der Waals surface area contributed by atoms with Gasteiger partial charge in [-0.25, -0.2) is 8.42 Å². The fourth-order valence-corrected chi connectivity index (χ4v) is 3.53. The summed E-state index contributed by atoms with van der Waals surface area (Å²) >= 11 is 0. The van der Waals surface area contributed by atoms with Crippen LogP contribution in [0.5, 0.6) is 0 Å². The van der Waals surface area contributed by atoms with E-state index in [4.69, 9.17) is 5.73 Å². The Bertz CT molecular complexity index is 682. The average molecular weight is 295 g/mol. The smallest absolute Gasteiger partial charge is 0.289 e. The summed E-state index contributed by atoms with van der Waals surface area (Å²) in [6, 6.07) is 4.69. The molecular formula is C12H13N3O4S. The average Bonchev–Trinajstić information content (AvgIpc) is 2.47. The molecule has 1 unspecified atom stereocenters. The lowest BCUT2D eigenvalue weighted by atomic mass is 10.2. The van der Waals surface area contributed by atoms with Gasteiger partial charge in [-0.15, -0.1) is 0 Å². The van der Waals surface area contributed by atoms with Crippen molar-refractivity contribution in [3.05, 3.63) is 58.8 Å². The van der Waals surface area contributed by atoms with Crippen LogP contribution in [0.25, 0.3) is 0 Å². The van der Waals surface area contributed by atoms with Crippen molar-refractivity contribution in [3.63, 3.8) is 0 Å². The lowest BCUT2D eigenvalue weighted by Gasteiger charge is -2.28. The molecule has 0 saturated heterocycles. The van der Waals surface area contributed by atoms with Gasteiger partial charge in [-0.2, -0.15) is 0 Å². The summed E-state index contributed by atoms with van der Waals surface area (Å²) < 4.78 is 26.2. The van der Waals surface area contributed by atoms with Gasteiger partial charge in [0.1, 0.15) is 0 Å². The standard InChI is InChI=1S/C12H13N3O4S/c13-9-10-5-3-4-8-14(10)20(18,19)12-7-2-1-6-11(12)15(16)17/h1-8,10H,9,13H2. The molecule has 1 aromatic rings. The third-order valence-electron chi connectivity index (χ3n) is 2.86. The van der Waals surface area contributed by atoms with E-state index in [0.717, 1.165) is 10.4 Å². The molecule has 1 aliphatic heterocycles. The van der Waals surface area contributed by atoms with Gasteiger partial charge >= 0.3 is 0 Å². The summed E-state index contributed by atoms with van der Waals surface area (Å²) in [6.07, 6.45) is 6.21. The van der Waals surface area contributed by atoms with Crippen LogP contribution >= 0.6 is 0 Å². The minimum atomic E-state index is -4.03. The van der Waals surface area contributed by atoms with E-state index in [0.29, 0.717) is 0 Å². The summed E-state index contributed by atoms with van der Waals surface area (Å²) in [5, 5.41) is 11.0. The molecule has 0 fully saturated rings. The highest BCUT2D eigenvalue weighted by atomic mass is 32.2. The van der Waals surface area contributed by atoms with Crippen molar-refractivity contribution in [3.8, 4) is 0 Å². The normalized spacial score (nSPS) is 18.2. The number of nitro groups is 1. The second-order valence-corrected chi connectivity index (χ2v) is 5.90. The zero-order chi connectivity index (χ0) is 14.8. The minimum absolute atomic E-state index is 0.0840. The van der Waals surface area contributed by atoms with Crippen LogP contribution in [0.3, 0.4) is 0 Å². The molecule has 0 amide bonds. The molecular weight excluding hydrogens is 282 g/mol. The SMILES string of the molecule is NCC1C=CC=CN1S(=O)(=O)c1ccccc1[N+](=O)[O-]. The van der Waals surface area contributed by atoms with Crippen LogP contribution in [0.1, 0.15) is 0 Å². The Kier molecular flexibility index (Phi) is 3.86. The summed E-state index contributed by atoms with van der Waals surface area (Å²) in [6.45, 7) is 0.0840. The van der Waals surface area contributed by atoms with Gasteiger partial charge in [0.25, 0.3) is 15.7 Å². The second-order valence-electron chi connectivity index (χ2n) is 4.09. The monoisotopic (exact) mass is 295 g/mol. The zero-order valence-corrected chi connectivity index (χ0v) is 11.2. The molecule has 2 rings (SSSR count). The molecule has 2 N–H and O–H groups in total. The van der Waals surface area contributed by atoms with Crippen molar-refractivity contribution in [2.75, 3.05) is 6.54 Å². The number of hydrogen-bond acceptors (Lipinski definition) is 5. The number of rotatable bonds is 4. The van der Waals surface area contributed by atoms with E-state index in [9.17, 15) is 18.5 Å². The van der Waals surface area contributed by atoms with E-state index >= 15 is 0 Å². The topological polar surface area (TPSA) is 107 Å². The minimum Gasteiger partial charge on any atom is -0.328 e. The Labute approximate surface area is 116 Å². The molecule has 0 spiro atoms. The van der Waals surface area contributed by atoms with Crippen LogP contribution in [0.2, 0.25) is 0 Å². The van der Waals surface area contributed by atoms with E-state index in [2.05, 4.69) is 0 Å². The van der Waals surface area contributed by atoms with E-state index in [-0.39, 0.29) is 11.4 Å². The summed E-state index contributed by atoms with van der Waals surface area (Å²) in [4.78, 5) is 9.91. The van der Waals surface area contributed by atoms with Crippen molar-refractivity contribution < 1.29 is 13.3 Å². The Balaban J connectivity index is 2.53. The highest BCUT2D eigenvalue weighted by Gasteiger charge is 2.33. The third kappa shape index (κ3) is 2.43. The van der Waals surface area contributed by atoms with Gasteiger partial charge < -0.3 is 5.73 Å². The fourth-order valence-electron chi connectivity index (χ4n) is 1.90. The Hall–Kier alpha value is -2.19. The zero-order valence-electron chi connectivity index (χ0n) is 10.4. The highest BCUT2D eigenvalue weighted by Crippen LogP contribution is 2.28. The molecule has 0 radical (unpaired) electrons. The summed E-state index contributed by atoms with van der Waals surface area (Å²) in [7, 11) is -4.03. The molecule has 20 heavy (non-hydrogen) atoms. The van der Waals surface area contributed by atoms with Crippen molar-refractivity contribution in [2.24, 2.45) is 5.73 Å². The van der Waals surface area contributed by atoms with Crippen LogP contribution in [0.15, 0.2) is 53.6 Å². The number of nitro benzene ring substituents is 1. The van der Waals surface area contributed by atoms with E-state index in [1.165, 1.54) is 24.4 Å². The Morgan fingerprint density at radius 1 is 1.30 bits per heavy atom. The molecule has 1 aliphatic rings. The van der Waals surface area contributed by atoms with Crippen LogP contribution in [0, 0.1) is 10.1 Å². The maximum atomic E-state index is 12.6. The molecule has 8 heteroatoms. The number of hydrogen-bond donors (Lipinski definition) is 1. The predicted octanol–water partition coefficient (Wildman–Crippen LogP) is 0.996. The molecule has 7 nitrogen and oxygen atoms in total. The number of para-hydroxylation sites is 1. The quantitative estimate of drug-likeness (QED) is 0.658. The fraction of sp³-hybridized carbons (Fsp3) is 0.167. The van der Waals surface area contributed by atoms with Gasteiger partial charge in [-0.3, -0.25) is 14.4 Å². The second kappa shape index (κ2) is 5.43. The first kappa shape index (κ1) is 14.2. The van der Waals surface area contributed by atoms with Crippen LogP contribution in [0.4, 0.5) is 5.69 Å². The number of nitrogens with two attached hydrogens (primary N) is 1. The van der Waals surface area contributed by atoms with Gasteiger partial charge in [0.15, 0.2) is 4.90 Å². The van der Waals surface area contributed by atoms with Gasteiger partial charge in [-0.05, 0) is 12.1 Å². The van der Waals surface area contributed by atoms with Gasteiger partial charge in [0, 0.05) is 18.8 Å². The Morgan fingerprint density at radius 2 is 2.00 bits per heavy atom. The van der Waals surface area contributed by atoms with Crippen molar-refractivity contribution in [1.29, 1.82) is 0 Å². The largest absolute Gasteiger partial charge is 0.328 e. The van der Waals surface area contributed by atoms with Crippen LogP contribution in [-0.4, -0.2) is 30.2 Å². The van der Waals surface area contributed by atoms with Crippen LogP contribution < -0.4 is 5.73 Å². The van der Waals surface area contributed by atoms with E-state index < -0.39 is 26.7 Å². The van der Waals surface area contributed by atoms with Gasteiger partial charge in [0.05, 0.1) is 11.0 Å². The first-order chi connectivity index (χ1) is 9.48.